The molecule has 0 saturated heterocycles. The van der Waals surface area contributed by atoms with Crippen LogP contribution in [0.2, 0.25) is 0 Å². The van der Waals surface area contributed by atoms with Gasteiger partial charge in [-0.3, -0.25) is 0 Å². The van der Waals surface area contributed by atoms with Crippen molar-refractivity contribution in [3.05, 3.63) is 17.8 Å². The smallest absolute Gasteiger partial charge is 0.147 e. The molecule has 2 aromatic rings. The minimum Gasteiger partial charge on any atom is -0.368 e. The summed E-state index contributed by atoms with van der Waals surface area (Å²) >= 11 is 1.63. The van der Waals surface area contributed by atoms with Gasteiger partial charge in [0.25, 0.3) is 0 Å². The molecule has 0 amide bonds. The fourth-order valence-electron chi connectivity index (χ4n) is 1.17. The molecular weight excluding hydrogens is 194 g/mol. The van der Waals surface area contributed by atoms with E-state index in [1.54, 1.807) is 17.7 Å². The Kier molecular flexibility index (Phi) is 2.61. The summed E-state index contributed by atoms with van der Waals surface area (Å²) < 4.78 is 1.09. The minimum absolute atomic E-state index is 0.705. The number of hydrogen-bond donors (Lipinski definition) is 1. The molecule has 4 heteroatoms. The predicted octanol–water partition coefficient (Wildman–Crippen LogP) is 2.13. The first-order valence-corrected chi connectivity index (χ1v) is 5.15. The average molecular weight is 203 g/mol. The number of thiophene rings is 1. The van der Waals surface area contributed by atoms with Gasteiger partial charge in [-0.05, 0) is 11.4 Å². The minimum atomic E-state index is 0.705. The molecule has 0 atom stereocenters. The maximum absolute atomic E-state index is 5.17. The van der Waals surface area contributed by atoms with Crippen molar-refractivity contribution in [2.24, 2.45) is 0 Å². The average Bonchev–Trinajstić information content (AvgIpc) is 2.67. The van der Waals surface area contributed by atoms with E-state index in [0.29, 0.717) is 6.42 Å². The molecule has 0 aliphatic heterocycles. The Bertz CT molecular complexity index is 469. The van der Waals surface area contributed by atoms with Gasteiger partial charge < -0.3 is 5.32 Å². The van der Waals surface area contributed by atoms with Crippen molar-refractivity contribution < 1.29 is 0 Å². The first-order valence-electron chi connectivity index (χ1n) is 4.27. The molecular formula is C10H9N3S. The van der Waals surface area contributed by atoms with Crippen LogP contribution in [0.5, 0.6) is 0 Å². The van der Waals surface area contributed by atoms with Crippen LogP contribution >= 0.6 is 11.3 Å². The van der Waals surface area contributed by atoms with E-state index < -0.39 is 0 Å². The molecule has 3 nitrogen and oxygen atoms in total. The third kappa shape index (κ3) is 1.68. The van der Waals surface area contributed by atoms with Crippen LogP contribution in [0.25, 0.3) is 10.2 Å². The van der Waals surface area contributed by atoms with E-state index in [-0.39, 0.29) is 0 Å². The summed E-state index contributed by atoms with van der Waals surface area (Å²) in [6, 6.07) is 1.98. The largest absolute Gasteiger partial charge is 0.368 e. The Morgan fingerprint density at radius 3 is 3.29 bits per heavy atom. The lowest BCUT2D eigenvalue weighted by molar-refractivity contribution is 1.07. The highest BCUT2D eigenvalue weighted by molar-refractivity contribution is 7.17. The molecule has 2 aromatic heterocycles. The van der Waals surface area contributed by atoms with Crippen LogP contribution in [0.4, 0.5) is 5.82 Å². The first kappa shape index (κ1) is 8.97. The molecule has 0 bridgehead atoms. The monoisotopic (exact) mass is 203 g/mol. The summed E-state index contributed by atoms with van der Waals surface area (Å²) in [5, 5.41) is 5.20. The topological polar surface area (TPSA) is 37.8 Å². The normalized spacial score (nSPS) is 9.93. The highest BCUT2D eigenvalue weighted by Gasteiger charge is 2.02. The van der Waals surface area contributed by atoms with Gasteiger partial charge in [-0.2, -0.15) is 0 Å². The number of nitrogens with zero attached hydrogens (tertiary/aromatic N) is 2. The molecule has 1 N–H and O–H groups in total. The van der Waals surface area contributed by atoms with Crippen LogP contribution in [0.3, 0.4) is 0 Å². The Hall–Kier alpha value is -1.60. The summed E-state index contributed by atoms with van der Waals surface area (Å²) in [5.41, 5.74) is 0.980. The van der Waals surface area contributed by atoms with Gasteiger partial charge in [0, 0.05) is 13.0 Å². The molecule has 0 unspecified atom stereocenters. The summed E-state index contributed by atoms with van der Waals surface area (Å²) in [6.45, 7) is 0.751. The van der Waals surface area contributed by atoms with Crippen molar-refractivity contribution in [2.75, 3.05) is 11.9 Å². The number of hydrogen-bond acceptors (Lipinski definition) is 4. The van der Waals surface area contributed by atoms with Crippen molar-refractivity contribution >= 4 is 27.4 Å². The second kappa shape index (κ2) is 4.07. The van der Waals surface area contributed by atoms with Crippen LogP contribution in [-0.2, 0) is 0 Å². The van der Waals surface area contributed by atoms with Crippen molar-refractivity contribution in [2.45, 2.75) is 6.42 Å². The van der Waals surface area contributed by atoms with E-state index in [9.17, 15) is 0 Å². The molecule has 2 rings (SSSR count). The molecule has 0 aliphatic rings. The van der Waals surface area contributed by atoms with Gasteiger partial charge in [0.05, 0.1) is 10.2 Å². The highest BCUT2D eigenvalue weighted by Crippen LogP contribution is 2.24. The molecule has 0 radical (unpaired) electrons. The lowest BCUT2D eigenvalue weighted by Gasteiger charge is -2.02. The summed E-state index contributed by atoms with van der Waals surface area (Å²) in [5.74, 6) is 3.45. The highest BCUT2D eigenvalue weighted by atomic mass is 32.1. The van der Waals surface area contributed by atoms with Crippen molar-refractivity contribution in [1.82, 2.24) is 9.97 Å². The maximum Gasteiger partial charge on any atom is 0.147 e. The lowest BCUT2D eigenvalue weighted by Crippen LogP contribution is -2.02. The second-order valence-electron chi connectivity index (χ2n) is 2.74. The Morgan fingerprint density at radius 1 is 1.50 bits per heavy atom. The number of nitrogens with one attached hydrogen (secondary N) is 1. The van der Waals surface area contributed by atoms with Gasteiger partial charge >= 0.3 is 0 Å². The zero-order valence-electron chi connectivity index (χ0n) is 7.53. The van der Waals surface area contributed by atoms with E-state index >= 15 is 0 Å². The van der Waals surface area contributed by atoms with E-state index in [1.165, 1.54) is 0 Å². The van der Waals surface area contributed by atoms with E-state index in [4.69, 9.17) is 6.42 Å². The van der Waals surface area contributed by atoms with Crippen LogP contribution < -0.4 is 5.32 Å². The SMILES string of the molecule is C#CCCNc1ncnc2ccsc12. The van der Waals surface area contributed by atoms with Crippen molar-refractivity contribution in [1.29, 1.82) is 0 Å². The van der Waals surface area contributed by atoms with Crippen LogP contribution in [0, 0.1) is 12.3 Å². The Labute approximate surface area is 86.2 Å². The van der Waals surface area contributed by atoms with Gasteiger partial charge in [0.1, 0.15) is 12.1 Å². The van der Waals surface area contributed by atoms with Crippen LogP contribution in [0.1, 0.15) is 6.42 Å². The summed E-state index contributed by atoms with van der Waals surface area (Å²) in [4.78, 5) is 8.32. The molecule has 2 heterocycles. The second-order valence-corrected chi connectivity index (χ2v) is 3.65. The first-order chi connectivity index (χ1) is 6.92. The fraction of sp³-hybridized carbons (Fsp3) is 0.200. The zero-order valence-corrected chi connectivity index (χ0v) is 8.34. The van der Waals surface area contributed by atoms with E-state index in [1.807, 2.05) is 11.4 Å². The van der Waals surface area contributed by atoms with Gasteiger partial charge in [-0.25, -0.2) is 9.97 Å². The van der Waals surface area contributed by atoms with Crippen LogP contribution in [-0.4, -0.2) is 16.5 Å². The molecule has 0 spiro atoms. The number of anilines is 1. The molecule has 0 fully saturated rings. The lowest BCUT2D eigenvalue weighted by atomic mass is 10.4. The number of fused-ring (bicyclic) bond motifs is 1. The number of rotatable bonds is 3. The van der Waals surface area contributed by atoms with Gasteiger partial charge in [0.15, 0.2) is 0 Å². The standard InChI is InChI=1S/C10H9N3S/c1-2-3-5-11-10-9-8(4-6-14-9)12-7-13-10/h1,4,6-7H,3,5H2,(H,11,12,13). The summed E-state index contributed by atoms with van der Waals surface area (Å²) in [7, 11) is 0. The Morgan fingerprint density at radius 2 is 2.43 bits per heavy atom. The summed E-state index contributed by atoms with van der Waals surface area (Å²) in [6.07, 6.45) is 7.43. The number of aromatic nitrogens is 2. The Balaban J connectivity index is 2.24. The number of terminal acetylenes is 1. The van der Waals surface area contributed by atoms with Gasteiger partial charge in [0.2, 0.25) is 0 Å². The zero-order chi connectivity index (χ0) is 9.80. The molecule has 0 saturated carbocycles. The van der Waals surface area contributed by atoms with Crippen molar-refractivity contribution in [3.8, 4) is 12.3 Å². The van der Waals surface area contributed by atoms with E-state index in [2.05, 4.69) is 21.2 Å². The fourth-order valence-corrected chi connectivity index (χ4v) is 1.98. The van der Waals surface area contributed by atoms with E-state index in [0.717, 1.165) is 22.6 Å². The quantitative estimate of drug-likeness (QED) is 0.613. The predicted molar refractivity (Wildman–Crippen MR) is 59.4 cm³/mol. The molecule has 0 aromatic carbocycles. The maximum atomic E-state index is 5.17. The molecule has 14 heavy (non-hydrogen) atoms. The van der Waals surface area contributed by atoms with Crippen molar-refractivity contribution in [3.63, 3.8) is 0 Å². The molecule has 70 valence electrons. The van der Waals surface area contributed by atoms with Gasteiger partial charge in [-0.15, -0.1) is 23.7 Å². The third-order valence-electron chi connectivity index (χ3n) is 1.80. The molecule has 0 aliphatic carbocycles. The van der Waals surface area contributed by atoms with Gasteiger partial charge in [-0.1, -0.05) is 0 Å². The third-order valence-corrected chi connectivity index (χ3v) is 2.72. The van der Waals surface area contributed by atoms with Crippen LogP contribution in [0.15, 0.2) is 17.8 Å².